The molecule has 2 heterocycles. The molecule has 0 aliphatic heterocycles. The van der Waals surface area contributed by atoms with Gasteiger partial charge in [-0.15, -0.1) is 0 Å². The molecular formula is C39H30N2. The Kier molecular flexibility index (Phi) is 5.20. The number of aromatic nitrogens is 2. The Balaban J connectivity index is 1.41. The Morgan fingerprint density at radius 2 is 0.902 bits per heavy atom. The molecule has 196 valence electrons. The van der Waals surface area contributed by atoms with Gasteiger partial charge >= 0.3 is 0 Å². The van der Waals surface area contributed by atoms with Gasteiger partial charge in [0.05, 0.1) is 27.8 Å². The van der Waals surface area contributed by atoms with Crippen molar-refractivity contribution in [2.45, 2.75) is 19.3 Å². The lowest BCUT2D eigenvalue weighted by Gasteiger charge is -2.29. The van der Waals surface area contributed by atoms with E-state index in [9.17, 15) is 0 Å². The minimum atomic E-state index is -0.168. The van der Waals surface area contributed by atoms with Gasteiger partial charge in [-0.05, 0) is 53.6 Å². The first kappa shape index (κ1) is 23.8. The monoisotopic (exact) mass is 526 g/mol. The molecule has 0 atom stereocenters. The van der Waals surface area contributed by atoms with Gasteiger partial charge in [-0.1, -0.05) is 117 Å². The van der Waals surface area contributed by atoms with Gasteiger partial charge in [-0.2, -0.15) is 0 Å². The van der Waals surface area contributed by atoms with Crippen LogP contribution in [-0.4, -0.2) is 9.13 Å². The van der Waals surface area contributed by atoms with Crippen molar-refractivity contribution in [3.05, 3.63) is 157 Å². The average Bonchev–Trinajstić information content (AvgIpc) is 3.54. The Morgan fingerprint density at radius 3 is 1.56 bits per heavy atom. The lowest BCUT2D eigenvalue weighted by Crippen LogP contribution is -2.21. The summed E-state index contributed by atoms with van der Waals surface area (Å²) in [5, 5.41) is 5.08. The SMILES string of the molecule is CC(C)(c1ccccc1)c1ccccc1-n1c2ccccc2c2cc(-n3c4ccccc4c4ccccc43)ccc21. The molecular weight excluding hydrogens is 496 g/mol. The zero-order chi connectivity index (χ0) is 27.6. The van der Waals surface area contributed by atoms with Gasteiger partial charge in [0.2, 0.25) is 0 Å². The Bertz CT molecular complexity index is 2170. The van der Waals surface area contributed by atoms with E-state index in [2.05, 4.69) is 169 Å². The molecule has 0 bridgehead atoms. The van der Waals surface area contributed by atoms with Crippen LogP contribution in [-0.2, 0) is 5.41 Å². The highest BCUT2D eigenvalue weighted by Gasteiger charge is 2.27. The van der Waals surface area contributed by atoms with E-state index in [-0.39, 0.29) is 5.41 Å². The van der Waals surface area contributed by atoms with Crippen LogP contribution in [0.4, 0.5) is 0 Å². The summed E-state index contributed by atoms with van der Waals surface area (Å²) in [7, 11) is 0. The molecule has 0 unspecified atom stereocenters. The van der Waals surface area contributed by atoms with Crippen LogP contribution >= 0.6 is 0 Å². The second-order valence-corrected chi connectivity index (χ2v) is 11.4. The number of hydrogen-bond donors (Lipinski definition) is 0. The topological polar surface area (TPSA) is 9.86 Å². The van der Waals surface area contributed by atoms with E-state index in [0.717, 1.165) is 0 Å². The number of fused-ring (bicyclic) bond motifs is 6. The van der Waals surface area contributed by atoms with Crippen LogP contribution in [0.2, 0.25) is 0 Å². The summed E-state index contributed by atoms with van der Waals surface area (Å²) in [4.78, 5) is 0. The Morgan fingerprint density at radius 1 is 0.415 bits per heavy atom. The van der Waals surface area contributed by atoms with Gasteiger partial charge < -0.3 is 9.13 Å². The maximum atomic E-state index is 2.46. The number of benzene rings is 6. The maximum absolute atomic E-state index is 2.46. The minimum Gasteiger partial charge on any atom is -0.309 e. The summed E-state index contributed by atoms with van der Waals surface area (Å²) in [5.41, 5.74) is 9.73. The zero-order valence-electron chi connectivity index (χ0n) is 23.3. The van der Waals surface area contributed by atoms with E-state index in [4.69, 9.17) is 0 Å². The highest BCUT2D eigenvalue weighted by Crippen LogP contribution is 2.40. The average molecular weight is 527 g/mol. The van der Waals surface area contributed by atoms with Crippen molar-refractivity contribution in [2.24, 2.45) is 0 Å². The predicted octanol–water partition coefficient (Wildman–Crippen LogP) is 10.2. The molecule has 0 saturated carbocycles. The second kappa shape index (κ2) is 8.97. The van der Waals surface area contributed by atoms with Crippen molar-refractivity contribution in [3.8, 4) is 11.4 Å². The van der Waals surface area contributed by atoms with Crippen LogP contribution in [0, 0.1) is 0 Å². The fourth-order valence-electron chi connectivity index (χ4n) is 6.77. The Labute approximate surface area is 239 Å². The fraction of sp³-hybridized carbons (Fsp3) is 0.0769. The molecule has 6 aromatic carbocycles. The Hall–Kier alpha value is -5.08. The molecule has 0 fully saturated rings. The van der Waals surface area contributed by atoms with Crippen molar-refractivity contribution in [1.29, 1.82) is 0 Å². The van der Waals surface area contributed by atoms with Crippen molar-refractivity contribution in [2.75, 3.05) is 0 Å². The molecule has 0 N–H and O–H groups in total. The molecule has 0 aliphatic rings. The standard InChI is InChI=1S/C39H30N2/c1-39(2,27-14-4-3-5-15-27)33-19-9-13-23-38(33)41-36-22-12-8-18-31(36)32-26-28(24-25-37(32)41)40-34-20-10-6-16-29(34)30-17-7-11-21-35(30)40/h3-26H,1-2H3. The van der Waals surface area contributed by atoms with Crippen LogP contribution in [0.3, 0.4) is 0 Å². The molecule has 8 rings (SSSR count). The molecule has 0 aliphatic carbocycles. The fourth-order valence-corrected chi connectivity index (χ4v) is 6.77. The third-order valence-corrected chi connectivity index (χ3v) is 8.81. The molecule has 2 heteroatoms. The molecule has 0 radical (unpaired) electrons. The van der Waals surface area contributed by atoms with Crippen LogP contribution in [0.25, 0.3) is 55.0 Å². The number of nitrogens with zero attached hydrogens (tertiary/aromatic N) is 2. The second-order valence-electron chi connectivity index (χ2n) is 11.4. The molecule has 41 heavy (non-hydrogen) atoms. The first-order chi connectivity index (χ1) is 20.1. The van der Waals surface area contributed by atoms with E-state index in [1.165, 1.54) is 66.1 Å². The van der Waals surface area contributed by atoms with Crippen molar-refractivity contribution >= 4 is 43.6 Å². The van der Waals surface area contributed by atoms with E-state index in [1.807, 2.05) is 0 Å². The zero-order valence-corrected chi connectivity index (χ0v) is 23.3. The lowest BCUT2D eigenvalue weighted by molar-refractivity contribution is 0.637. The van der Waals surface area contributed by atoms with Crippen LogP contribution in [0.15, 0.2) is 146 Å². The highest BCUT2D eigenvalue weighted by molar-refractivity contribution is 6.12. The van der Waals surface area contributed by atoms with Gasteiger partial charge in [0.1, 0.15) is 0 Å². The molecule has 0 saturated heterocycles. The van der Waals surface area contributed by atoms with Crippen molar-refractivity contribution in [1.82, 2.24) is 9.13 Å². The van der Waals surface area contributed by atoms with Crippen molar-refractivity contribution in [3.63, 3.8) is 0 Å². The number of para-hydroxylation sites is 4. The molecule has 8 aromatic rings. The van der Waals surface area contributed by atoms with Gasteiger partial charge in [0.15, 0.2) is 0 Å². The normalized spacial score (nSPS) is 12.1. The van der Waals surface area contributed by atoms with E-state index in [1.54, 1.807) is 0 Å². The lowest BCUT2D eigenvalue weighted by atomic mass is 9.77. The first-order valence-electron chi connectivity index (χ1n) is 14.3. The van der Waals surface area contributed by atoms with Crippen LogP contribution in [0.5, 0.6) is 0 Å². The van der Waals surface area contributed by atoms with Crippen LogP contribution in [0.1, 0.15) is 25.0 Å². The predicted molar refractivity (Wildman–Crippen MR) is 174 cm³/mol. The molecule has 0 amide bonds. The summed E-state index contributed by atoms with van der Waals surface area (Å²) >= 11 is 0. The summed E-state index contributed by atoms with van der Waals surface area (Å²) in [5.74, 6) is 0. The quantitative estimate of drug-likeness (QED) is 0.216. The summed E-state index contributed by atoms with van der Waals surface area (Å²) < 4.78 is 4.86. The van der Waals surface area contributed by atoms with E-state index >= 15 is 0 Å². The van der Waals surface area contributed by atoms with E-state index in [0.29, 0.717) is 0 Å². The van der Waals surface area contributed by atoms with Crippen molar-refractivity contribution < 1.29 is 0 Å². The molecule has 2 nitrogen and oxygen atoms in total. The van der Waals surface area contributed by atoms with Gasteiger partial charge in [-0.3, -0.25) is 0 Å². The number of hydrogen-bond acceptors (Lipinski definition) is 0. The summed E-state index contributed by atoms with van der Waals surface area (Å²) in [6.07, 6.45) is 0. The first-order valence-corrected chi connectivity index (χ1v) is 14.3. The van der Waals surface area contributed by atoms with Gasteiger partial charge in [-0.25, -0.2) is 0 Å². The largest absolute Gasteiger partial charge is 0.309 e. The third-order valence-electron chi connectivity index (χ3n) is 8.81. The smallest absolute Gasteiger partial charge is 0.0542 e. The van der Waals surface area contributed by atoms with E-state index < -0.39 is 0 Å². The number of rotatable bonds is 4. The van der Waals surface area contributed by atoms with Gasteiger partial charge in [0, 0.05) is 32.6 Å². The summed E-state index contributed by atoms with van der Waals surface area (Å²) in [6, 6.07) is 52.9. The summed E-state index contributed by atoms with van der Waals surface area (Å²) in [6.45, 7) is 4.66. The highest BCUT2D eigenvalue weighted by atomic mass is 15.0. The maximum Gasteiger partial charge on any atom is 0.0542 e. The molecule has 2 aromatic heterocycles. The van der Waals surface area contributed by atoms with Crippen LogP contribution < -0.4 is 0 Å². The van der Waals surface area contributed by atoms with Gasteiger partial charge in [0.25, 0.3) is 0 Å². The third kappa shape index (κ3) is 3.50. The minimum absolute atomic E-state index is 0.168. The molecule has 0 spiro atoms.